The number of hydrogen-bond donors (Lipinski definition) is 0. The number of likely N-dealkylation sites (tertiary alicyclic amines) is 1. The van der Waals surface area contributed by atoms with E-state index >= 15 is 0 Å². The second kappa shape index (κ2) is 3.84. The van der Waals surface area contributed by atoms with E-state index in [4.69, 9.17) is 4.74 Å². The third kappa shape index (κ3) is 2.07. The Balaban J connectivity index is 1.68. The van der Waals surface area contributed by atoms with Crippen LogP contribution in [0.1, 0.15) is 28.8 Å². The molecule has 0 bridgehead atoms. The summed E-state index contributed by atoms with van der Waals surface area (Å²) in [5, 5.41) is 0. The molecule has 1 spiro atoms. The summed E-state index contributed by atoms with van der Waals surface area (Å²) in [4.78, 5) is 14.2. The van der Waals surface area contributed by atoms with Crippen molar-refractivity contribution in [2.45, 2.75) is 25.4 Å². The third-order valence-corrected chi connectivity index (χ3v) is 3.81. The lowest BCUT2D eigenvalue weighted by Crippen LogP contribution is -2.41. The first-order chi connectivity index (χ1) is 8.19. The normalized spacial score (nSPS) is 21.6. The Morgan fingerprint density at radius 1 is 1.24 bits per heavy atom. The van der Waals surface area contributed by atoms with Gasteiger partial charge in [-0.25, -0.2) is 0 Å². The van der Waals surface area contributed by atoms with Crippen molar-refractivity contribution in [2.75, 3.05) is 19.7 Å². The molecule has 0 atom stereocenters. The summed E-state index contributed by atoms with van der Waals surface area (Å²) < 4.78 is 5.45. The summed E-state index contributed by atoms with van der Waals surface area (Å²) in [6, 6.07) is 7.80. The maximum absolute atomic E-state index is 12.2. The van der Waals surface area contributed by atoms with Crippen molar-refractivity contribution in [3.8, 4) is 0 Å². The van der Waals surface area contributed by atoms with Crippen LogP contribution in [0.3, 0.4) is 0 Å². The van der Waals surface area contributed by atoms with Crippen LogP contribution in [0.15, 0.2) is 24.3 Å². The first kappa shape index (κ1) is 10.8. The fourth-order valence-electron chi connectivity index (χ4n) is 2.39. The van der Waals surface area contributed by atoms with E-state index in [1.807, 2.05) is 36.1 Å². The van der Waals surface area contributed by atoms with Crippen LogP contribution in [0.2, 0.25) is 0 Å². The Labute approximate surface area is 101 Å². The molecule has 0 saturated carbocycles. The largest absolute Gasteiger partial charge is 0.369 e. The molecule has 2 saturated heterocycles. The van der Waals surface area contributed by atoms with Gasteiger partial charge >= 0.3 is 0 Å². The number of nitrogens with zero attached hydrogens (tertiary/aromatic N) is 1. The lowest BCUT2D eigenvalue weighted by Gasteiger charge is -2.30. The number of hydrogen-bond acceptors (Lipinski definition) is 2. The lowest BCUT2D eigenvalue weighted by molar-refractivity contribution is 0.0663. The maximum atomic E-state index is 12.2. The average Bonchev–Trinajstić information content (AvgIpc) is 3.10. The minimum atomic E-state index is 0.143. The molecule has 2 aliphatic rings. The van der Waals surface area contributed by atoms with Gasteiger partial charge in [0.25, 0.3) is 5.91 Å². The van der Waals surface area contributed by atoms with Gasteiger partial charge in [0.2, 0.25) is 0 Å². The molecule has 2 aliphatic heterocycles. The van der Waals surface area contributed by atoms with Crippen molar-refractivity contribution in [1.29, 1.82) is 0 Å². The number of epoxide rings is 1. The zero-order valence-corrected chi connectivity index (χ0v) is 10.1. The number of aryl methyl sites for hydroxylation is 1. The fraction of sp³-hybridized carbons (Fsp3) is 0.500. The zero-order valence-electron chi connectivity index (χ0n) is 10.1. The lowest BCUT2D eigenvalue weighted by atomic mass is 9.97. The van der Waals surface area contributed by atoms with Crippen molar-refractivity contribution in [3.05, 3.63) is 35.4 Å². The SMILES string of the molecule is Cc1ccc(C(=O)N2CCC3(CC2)CO3)cc1. The van der Waals surface area contributed by atoms with Crippen molar-refractivity contribution in [3.63, 3.8) is 0 Å². The number of benzene rings is 1. The average molecular weight is 231 g/mol. The van der Waals surface area contributed by atoms with E-state index in [-0.39, 0.29) is 11.5 Å². The van der Waals surface area contributed by atoms with Gasteiger partial charge in [-0.3, -0.25) is 4.79 Å². The minimum Gasteiger partial charge on any atom is -0.369 e. The summed E-state index contributed by atoms with van der Waals surface area (Å²) in [5.41, 5.74) is 2.12. The number of ether oxygens (including phenoxy) is 1. The molecule has 17 heavy (non-hydrogen) atoms. The highest BCUT2D eigenvalue weighted by Crippen LogP contribution is 2.37. The number of piperidine rings is 1. The van der Waals surface area contributed by atoms with Crippen LogP contribution in [0, 0.1) is 6.92 Å². The van der Waals surface area contributed by atoms with Crippen LogP contribution in [-0.2, 0) is 4.74 Å². The number of carbonyl (C=O) groups is 1. The van der Waals surface area contributed by atoms with Gasteiger partial charge in [-0.2, -0.15) is 0 Å². The molecule has 0 unspecified atom stereocenters. The Bertz CT molecular complexity index is 424. The topological polar surface area (TPSA) is 32.8 Å². The predicted molar refractivity (Wildman–Crippen MR) is 65.0 cm³/mol. The molecule has 3 nitrogen and oxygen atoms in total. The first-order valence-corrected chi connectivity index (χ1v) is 6.19. The van der Waals surface area contributed by atoms with Gasteiger partial charge in [-0.1, -0.05) is 17.7 Å². The molecule has 2 heterocycles. The zero-order chi connectivity index (χ0) is 11.9. The molecular weight excluding hydrogens is 214 g/mol. The standard InChI is InChI=1S/C14H17NO2/c1-11-2-4-12(5-3-11)13(16)15-8-6-14(7-9-15)10-17-14/h2-5H,6-10H2,1H3. The third-order valence-electron chi connectivity index (χ3n) is 3.81. The van der Waals surface area contributed by atoms with Crippen LogP contribution in [0.4, 0.5) is 0 Å². The van der Waals surface area contributed by atoms with Gasteiger partial charge in [-0.15, -0.1) is 0 Å². The Hall–Kier alpha value is -1.35. The first-order valence-electron chi connectivity index (χ1n) is 6.19. The van der Waals surface area contributed by atoms with Gasteiger partial charge in [0.05, 0.1) is 12.2 Å². The highest BCUT2D eigenvalue weighted by atomic mass is 16.6. The second-order valence-corrected chi connectivity index (χ2v) is 5.13. The molecule has 90 valence electrons. The van der Waals surface area contributed by atoms with Crippen molar-refractivity contribution >= 4 is 5.91 Å². The summed E-state index contributed by atoms with van der Waals surface area (Å²) >= 11 is 0. The van der Waals surface area contributed by atoms with Gasteiger partial charge in [0.1, 0.15) is 0 Å². The number of amides is 1. The molecular formula is C14H17NO2. The second-order valence-electron chi connectivity index (χ2n) is 5.13. The Morgan fingerprint density at radius 3 is 2.35 bits per heavy atom. The number of rotatable bonds is 1. The van der Waals surface area contributed by atoms with E-state index in [0.717, 1.165) is 38.1 Å². The monoisotopic (exact) mass is 231 g/mol. The molecule has 3 heteroatoms. The van der Waals surface area contributed by atoms with Crippen LogP contribution in [0.25, 0.3) is 0 Å². The van der Waals surface area contributed by atoms with Gasteiger partial charge in [0, 0.05) is 18.7 Å². The molecule has 0 N–H and O–H groups in total. The molecule has 3 rings (SSSR count). The van der Waals surface area contributed by atoms with E-state index in [1.54, 1.807) is 0 Å². The Kier molecular flexibility index (Phi) is 2.44. The van der Waals surface area contributed by atoms with E-state index in [9.17, 15) is 4.79 Å². The van der Waals surface area contributed by atoms with E-state index < -0.39 is 0 Å². The van der Waals surface area contributed by atoms with Gasteiger partial charge in [-0.05, 0) is 31.9 Å². The summed E-state index contributed by atoms with van der Waals surface area (Å²) in [6.45, 7) is 4.57. The Morgan fingerprint density at radius 2 is 1.82 bits per heavy atom. The number of carbonyl (C=O) groups excluding carboxylic acids is 1. The quantitative estimate of drug-likeness (QED) is 0.692. The van der Waals surface area contributed by atoms with Crippen molar-refractivity contribution in [2.24, 2.45) is 0 Å². The molecule has 0 radical (unpaired) electrons. The molecule has 0 aliphatic carbocycles. The summed E-state index contributed by atoms with van der Waals surface area (Å²) in [7, 11) is 0. The highest BCUT2D eigenvalue weighted by molar-refractivity contribution is 5.94. The fourth-order valence-corrected chi connectivity index (χ4v) is 2.39. The summed E-state index contributed by atoms with van der Waals surface area (Å²) in [5.74, 6) is 0.153. The van der Waals surface area contributed by atoms with Crippen molar-refractivity contribution in [1.82, 2.24) is 4.90 Å². The molecule has 1 aromatic carbocycles. The van der Waals surface area contributed by atoms with E-state index in [2.05, 4.69) is 0 Å². The molecule has 2 fully saturated rings. The van der Waals surface area contributed by atoms with Crippen LogP contribution in [0.5, 0.6) is 0 Å². The van der Waals surface area contributed by atoms with Crippen LogP contribution < -0.4 is 0 Å². The van der Waals surface area contributed by atoms with Gasteiger partial charge < -0.3 is 9.64 Å². The van der Waals surface area contributed by atoms with Gasteiger partial charge in [0.15, 0.2) is 0 Å². The van der Waals surface area contributed by atoms with E-state index in [0.29, 0.717) is 0 Å². The molecule has 0 aromatic heterocycles. The molecule has 1 amide bonds. The summed E-state index contributed by atoms with van der Waals surface area (Å²) in [6.07, 6.45) is 1.98. The van der Waals surface area contributed by atoms with Crippen molar-refractivity contribution < 1.29 is 9.53 Å². The minimum absolute atomic E-state index is 0.143. The molecule has 1 aromatic rings. The van der Waals surface area contributed by atoms with E-state index in [1.165, 1.54) is 5.56 Å². The maximum Gasteiger partial charge on any atom is 0.253 e. The highest BCUT2D eigenvalue weighted by Gasteiger charge is 2.47. The van der Waals surface area contributed by atoms with Crippen LogP contribution >= 0.6 is 0 Å². The van der Waals surface area contributed by atoms with Crippen LogP contribution in [-0.4, -0.2) is 36.1 Å². The smallest absolute Gasteiger partial charge is 0.253 e. The predicted octanol–water partition coefficient (Wildman–Crippen LogP) is 2.00.